The van der Waals surface area contributed by atoms with Gasteiger partial charge in [0.2, 0.25) is 0 Å². The molecule has 1 atom stereocenters. The number of aromatic nitrogens is 1. The molecule has 1 N–H and O–H groups in total. The van der Waals surface area contributed by atoms with Crippen LogP contribution in [-0.2, 0) is 0 Å². The number of ketones is 1. The lowest BCUT2D eigenvalue weighted by atomic mass is 10.1. The van der Waals surface area contributed by atoms with Gasteiger partial charge in [-0.3, -0.25) is 19.5 Å². The number of amides is 1. The van der Waals surface area contributed by atoms with E-state index in [1.807, 2.05) is 12.1 Å². The monoisotopic (exact) mass is 403 g/mol. The van der Waals surface area contributed by atoms with Crippen molar-refractivity contribution >= 4 is 23.1 Å². The lowest BCUT2D eigenvalue weighted by molar-refractivity contribution is 0.0989. The molecule has 1 amide bonds. The van der Waals surface area contributed by atoms with Gasteiger partial charge < -0.3 is 14.8 Å². The number of anilines is 2. The van der Waals surface area contributed by atoms with Crippen LogP contribution < -0.4 is 19.7 Å². The first-order valence-corrected chi connectivity index (χ1v) is 9.41. The zero-order chi connectivity index (χ0) is 21.3. The Bertz CT molecular complexity index is 1110. The van der Waals surface area contributed by atoms with E-state index >= 15 is 0 Å². The molecule has 30 heavy (non-hydrogen) atoms. The highest BCUT2D eigenvalue weighted by Gasteiger charge is 2.40. The van der Waals surface area contributed by atoms with Crippen molar-refractivity contribution in [3.63, 3.8) is 0 Å². The van der Waals surface area contributed by atoms with E-state index in [0.29, 0.717) is 34.0 Å². The first-order chi connectivity index (χ1) is 14.5. The van der Waals surface area contributed by atoms with Gasteiger partial charge >= 0.3 is 0 Å². The summed E-state index contributed by atoms with van der Waals surface area (Å²) in [6, 6.07) is 15.9. The molecule has 0 saturated carbocycles. The normalized spacial score (nSPS) is 15.0. The SMILES string of the molecule is COc1ccc(OC)c(N2C(=O)c3cccnc3[C@@H]2Nc2ccc(C(C)=O)cc2)c1. The van der Waals surface area contributed by atoms with Crippen LogP contribution in [0.3, 0.4) is 0 Å². The number of carbonyl (C=O) groups excluding carboxylic acids is 2. The van der Waals surface area contributed by atoms with Crippen LogP contribution in [-0.4, -0.2) is 30.9 Å². The largest absolute Gasteiger partial charge is 0.497 e. The quantitative estimate of drug-likeness (QED) is 0.625. The number of hydrogen-bond acceptors (Lipinski definition) is 6. The third-order valence-corrected chi connectivity index (χ3v) is 5.05. The van der Waals surface area contributed by atoms with Crippen molar-refractivity contribution in [3.05, 3.63) is 77.6 Å². The number of ether oxygens (including phenoxy) is 2. The van der Waals surface area contributed by atoms with Gasteiger partial charge in [0.15, 0.2) is 11.9 Å². The molecule has 3 aromatic rings. The van der Waals surface area contributed by atoms with Gasteiger partial charge in [-0.05, 0) is 55.5 Å². The van der Waals surface area contributed by atoms with E-state index in [-0.39, 0.29) is 11.7 Å². The highest BCUT2D eigenvalue weighted by atomic mass is 16.5. The molecule has 0 radical (unpaired) electrons. The topological polar surface area (TPSA) is 80.8 Å². The summed E-state index contributed by atoms with van der Waals surface area (Å²) >= 11 is 0. The maximum absolute atomic E-state index is 13.3. The van der Waals surface area contributed by atoms with Gasteiger partial charge in [-0.25, -0.2) is 0 Å². The second-order valence-corrected chi connectivity index (χ2v) is 6.83. The number of carbonyl (C=O) groups is 2. The number of nitrogens with zero attached hydrogens (tertiary/aromatic N) is 2. The number of fused-ring (bicyclic) bond motifs is 1. The second kappa shape index (κ2) is 7.87. The Labute approximate surface area is 174 Å². The van der Waals surface area contributed by atoms with E-state index in [9.17, 15) is 9.59 Å². The van der Waals surface area contributed by atoms with E-state index < -0.39 is 6.17 Å². The zero-order valence-electron chi connectivity index (χ0n) is 16.9. The van der Waals surface area contributed by atoms with E-state index in [2.05, 4.69) is 10.3 Å². The fourth-order valence-electron chi connectivity index (χ4n) is 3.51. The van der Waals surface area contributed by atoms with Gasteiger partial charge in [-0.2, -0.15) is 0 Å². The highest BCUT2D eigenvalue weighted by molar-refractivity contribution is 6.11. The van der Waals surface area contributed by atoms with Crippen molar-refractivity contribution in [1.82, 2.24) is 4.98 Å². The molecule has 4 rings (SSSR count). The van der Waals surface area contributed by atoms with Crippen LogP contribution in [0.15, 0.2) is 60.8 Å². The molecule has 0 saturated heterocycles. The molecule has 1 aromatic heterocycles. The van der Waals surface area contributed by atoms with Gasteiger partial charge in [0.1, 0.15) is 11.5 Å². The number of pyridine rings is 1. The highest BCUT2D eigenvalue weighted by Crippen LogP contribution is 2.42. The Kier molecular flexibility index (Phi) is 5.10. The standard InChI is InChI=1S/C23H21N3O4/c1-14(27)15-6-8-16(9-7-15)25-22-21-18(5-4-12-24-21)23(28)26(22)19-13-17(29-2)10-11-20(19)30-3/h4-13,22,25H,1-3H3/t22-/m1/s1. The maximum atomic E-state index is 13.3. The zero-order valence-corrected chi connectivity index (χ0v) is 16.9. The summed E-state index contributed by atoms with van der Waals surface area (Å²) in [6.07, 6.45) is 1.10. The third kappa shape index (κ3) is 3.34. The van der Waals surface area contributed by atoms with Gasteiger partial charge in [0, 0.05) is 23.5 Å². The minimum atomic E-state index is -0.558. The molecule has 1 aliphatic rings. The van der Waals surface area contributed by atoms with Crippen LogP contribution in [0.25, 0.3) is 0 Å². The lowest BCUT2D eigenvalue weighted by Gasteiger charge is -2.28. The third-order valence-electron chi connectivity index (χ3n) is 5.05. The maximum Gasteiger partial charge on any atom is 0.262 e. The predicted molar refractivity (Wildman–Crippen MR) is 113 cm³/mol. The molecule has 0 spiro atoms. The number of hydrogen-bond donors (Lipinski definition) is 1. The van der Waals surface area contributed by atoms with Gasteiger partial charge in [-0.15, -0.1) is 0 Å². The molecule has 0 unspecified atom stereocenters. The van der Waals surface area contributed by atoms with Crippen LogP contribution in [0.2, 0.25) is 0 Å². The molecule has 2 heterocycles. The first-order valence-electron chi connectivity index (χ1n) is 9.41. The summed E-state index contributed by atoms with van der Waals surface area (Å²) < 4.78 is 10.9. The van der Waals surface area contributed by atoms with E-state index in [0.717, 1.165) is 5.69 Å². The Morgan fingerprint density at radius 3 is 2.50 bits per heavy atom. The van der Waals surface area contributed by atoms with Crippen LogP contribution in [0.1, 0.15) is 39.5 Å². The number of methoxy groups -OCH3 is 2. The number of nitrogens with one attached hydrogen (secondary N) is 1. The number of benzene rings is 2. The predicted octanol–water partition coefficient (Wildman–Crippen LogP) is 4.07. The average molecular weight is 403 g/mol. The smallest absolute Gasteiger partial charge is 0.262 e. The van der Waals surface area contributed by atoms with E-state index in [1.165, 1.54) is 6.92 Å². The molecular weight excluding hydrogens is 382 g/mol. The molecule has 1 aliphatic heterocycles. The number of Topliss-reactive ketones (excluding diaryl/α,β-unsaturated/α-hetero) is 1. The van der Waals surface area contributed by atoms with E-state index in [1.54, 1.807) is 67.8 Å². The minimum Gasteiger partial charge on any atom is -0.497 e. The minimum absolute atomic E-state index is 0.00708. The van der Waals surface area contributed by atoms with Crippen LogP contribution in [0.4, 0.5) is 11.4 Å². The average Bonchev–Trinajstić information content (AvgIpc) is 3.05. The van der Waals surface area contributed by atoms with Crippen molar-refractivity contribution in [2.24, 2.45) is 0 Å². The summed E-state index contributed by atoms with van der Waals surface area (Å²) in [5, 5.41) is 3.37. The summed E-state index contributed by atoms with van der Waals surface area (Å²) in [7, 11) is 3.13. The molecule has 7 heteroatoms. The van der Waals surface area contributed by atoms with Crippen molar-refractivity contribution in [1.29, 1.82) is 0 Å². The van der Waals surface area contributed by atoms with E-state index in [4.69, 9.17) is 9.47 Å². The molecule has 7 nitrogen and oxygen atoms in total. The first kappa shape index (κ1) is 19.4. The fraction of sp³-hybridized carbons (Fsp3) is 0.174. The Hall–Kier alpha value is -3.87. The Morgan fingerprint density at radius 2 is 1.83 bits per heavy atom. The van der Waals surface area contributed by atoms with Crippen LogP contribution in [0, 0.1) is 0 Å². The lowest BCUT2D eigenvalue weighted by Crippen LogP contribution is -2.32. The molecule has 0 bridgehead atoms. The molecular formula is C23H21N3O4. The van der Waals surface area contributed by atoms with Crippen molar-refractivity contribution < 1.29 is 19.1 Å². The Morgan fingerprint density at radius 1 is 1.07 bits per heavy atom. The van der Waals surface area contributed by atoms with Crippen molar-refractivity contribution in [2.75, 3.05) is 24.4 Å². The van der Waals surface area contributed by atoms with Gasteiger partial charge in [-0.1, -0.05) is 0 Å². The molecule has 0 fully saturated rings. The second-order valence-electron chi connectivity index (χ2n) is 6.83. The van der Waals surface area contributed by atoms with Crippen LogP contribution >= 0.6 is 0 Å². The van der Waals surface area contributed by atoms with Crippen LogP contribution in [0.5, 0.6) is 11.5 Å². The summed E-state index contributed by atoms with van der Waals surface area (Å²) in [6.45, 7) is 1.52. The molecule has 0 aliphatic carbocycles. The summed E-state index contributed by atoms with van der Waals surface area (Å²) in [5.74, 6) is 0.942. The summed E-state index contributed by atoms with van der Waals surface area (Å²) in [5.41, 5.74) is 3.07. The molecule has 152 valence electrons. The Balaban J connectivity index is 1.79. The number of rotatable bonds is 6. The van der Waals surface area contributed by atoms with Crippen molar-refractivity contribution in [3.8, 4) is 11.5 Å². The van der Waals surface area contributed by atoms with Gasteiger partial charge in [0.25, 0.3) is 5.91 Å². The van der Waals surface area contributed by atoms with Gasteiger partial charge in [0.05, 0.1) is 31.2 Å². The fourth-order valence-corrected chi connectivity index (χ4v) is 3.51. The molecule has 2 aromatic carbocycles. The summed E-state index contributed by atoms with van der Waals surface area (Å²) in [4.78, 5) is 30.9. The van der Waals surface area contributed by atoms with Crippen molar-refractivity contribution in [2.45, 2.75) is 13.1 Å².